The molecule has 0 saturated heterocycles. The Hall–Kier alpha value is -2.68. The Morgan fingerprint density at radius 2 is 2.16 bits per heavy atom. The fourth-order valence-electron chi connectivity index (χ4n) is 4.75. The largest absolute Gasteiger partial charge is 0.293 e. The van der Waals surface area contributed by atoms with Crippen LogP contribution in [0.1, 0.15) is 31.5 Å². The van der Waals surface area contributed by atoms with Crippen molar-refractivity contribution in [1.29, 1.82) is 5.26 Å². The minimum atomic E-state index is -0.385. The first-order valence-electron chi connectivity index (χ1n) is 8.59. The summed E-state index contributed by atoms with van der Waals surface area (Å²) in [6.45, 7) is 4.07. The quantitative estimate of drug-likeness (QED) is 0.801. The number of fused-ring (bicyclic) bond motifs is 3. The molecular formula is C19H21N5O. The lowest BCUT2D eigenvalue weighted by Gasteiger charge is -2.44. The Bertz CT molecular complexity index is 957. The predicted molar refractivity (Wildman–Crippen MR) is 92.4 cm³/mol. The van der Waals surface area contributed by atoms with Crippen LogP contribution in [0.15, 0.2) is 24.0 Å². The molecule has 6 heteroatoms. The summed E-state index contributed by atoms with van der Waals surface area (Å²) in [5.74, 6) is -0.000245. The van der Waals surface area contributed by atoms with Gasteiger partial charge in [0, 0.05) is 42.8 Å². The maximum absolute atomic E-state index is 12.4. The van der Waals surface area contributed by atoms with Crippen LogP contribution in [0.2, 0.25) is 0 Å². The van der Waals surface area contributed by atoms with Gasteiger partial charge in [-0.05, 0) is 18.8 Å². The summed E-state index contributed by atoms with van der Waals surface area (Å²) in [5.41, 5.74) is 4.23. The van der Waals surface area contributed by atoms with E-state index in [1.165, 1.54) is 5.56 Å². The van der Waals surface area contributed by atoms with Crippen molar-refractivity contribution in [3.8, 4) is 17.3 Å². The number of carbonyl (C=O) groups excluding carboxylic acids is 1. The van der Waals surface area contributed by atoms with Crippen LogP contribution in [-0.4, -0.2) is 25.3 Å². The molecule has 0 aromatic carbocycles. The Balaban J connectivity index is 1.94. The monoisotopic (exact) mass is 335 g/mol. The number of allylic oxidation sites excluding steroid dienone is 2. The minimum absolute atomic E-state index is 0.0307. The first-order valence-corrected chi connectivity index (χ1v) is 8.59. The Morgan fingerprint density at radius 3 is 2.80 bits per heavy atom. The number of hydrogen-bond acceptors (Lipinski definition) is 4. The first kappa shape index (κ1) is 15.8. The summed E-state index contributed by atoms with van der Waals surface area (Å²) in [7, 11) is 3.85. The van der Waals surface area contributed by atoms with Crippen molar-refractivity contribution in [2.75, 3.05) is 0 Å². The standard InChI is InChI=1S/C19H21N5O/c1-11-15-6-5-14-16(13-9-21-23(3)10-13)24(4)22-18(14)19(15,2)7-12(8-20)17(11)25/h7,9-11,15H,5-6H2,1-4H3. The van der Waals surface area contributed by atoms with Gasteiger partial charge in [-0.15, -0.1) is 0 Å². The number of hydrogen-bond donors (Lipinski definition) is 0. The van der Waals surface area contributed by atoms with Crippen LogP contribution < -0.4 is 0 Å². The molecule has 2 aliphatic rings. The van der Waals surface area contributed by atoms with Crippen molar-refractivity contribution in [2.24, 2.45) is 25.9 Å². The lowest BCUT2D eigenvalue weighted by molar-refractivity contribution is -0.121. The molecule has 2 heterocycles. The van der Waals surface area contributed by atoms with E-state index in [9.17, 15) is 10.1 Å². The Labute approximate surface area is 146 Å². The molecule has 2 aromatic rings. The van der Waals surface area contributed by atoms with Crippen LogP contribution in [-0.2, 0) is 30.7 Å². The van der Waals surface area contributed by atoms with E-state index in [0.29, 0.717) is 0 Å². The van der Waals surface area contributed by atoms with Crippen molar-refractivity contribution in [1.82, 2.24) is 19.6 Å². The topological polar surface area (TPSA) is 76.5 Å². The number of aryl methyl sites for hydroxylation is 2. The highest BCUT2D eigenvalue weighted by Gasteiger charge is 2.50. The van der Waals surface area contributed by atoms with E-state index in [-0.39, 0.29) is 28.6 Å². The molecule has 0 amide bonds. The van der Waals surface area contributed by atoms with Gasteiger partial charge in [-0.1, -0.05) is 19.9 Å². The van der Waals surface area contributed by atoms with Crippen LogP contribution in [0.25, 0.3) is 11.3 Å². The molecule has 2 aliphatic carbocycles. The SMILES string of the molecule is CC1C(=O)C(C#N)=CC2(C)c3nn(C)c(-c4cnn(C)c4)c3CCC12. The van der Waals surface area contributed by atoms with Gasteiger partial charge in [0.1, 0.15) is 6.07 Å². The highest BCUT2D eigenvalue weighted by Crippen LogP contribution is 2.50. The van der Waals surface area contributed by atoms with Crippen molar-refractivity contribution < 1.29 is 4.79 Å². The molecule has 0 radical (unpaired) electrons. The van der Waals surface area contributed by atoms with Gasteiger partial charge in [0.15, 0.2) is 5.78 Å². The highest BCUT2D eigenvalue weighted by molar-refractivity contribution is 6.02. The third-order valence-electron chi connectivity index (χ3n) is 5.96. The molecule has 0 fully saturated rings. The average molecular weight is 335 g/mol. The molecule has 0 spiro atoms. The van der Waals surface area contributed by atoms with Crippen LogP contribution >= 0.6 is 0 Å². The number of carbonyl (C=O) groups is 1. The van der Waals surface area contributed by atoms with Crippen molar-refractivity contribution in [2.45, 2.75) is 32.1 Å². The van der Waals surface area contributed by atoms with Crippen LogP contribution in [0.4, 0.5) is 0 Å². The average Bonchev–Trinajstić information content (AvgIpc) is 3.14. The van der Waals surface area contributed by atoms with Gasteiger partial charge in [-0.3, -0.25) is 14.2 Å². The molecule has 3 atom stereocenters. The summed E-state index contributed by atoms with van der Waals surface area (Å²) in [5, 5.41) is 18.5. The maximum Gasteiger partial charge on any atom is 0.176 e. The number of Topliss-reactive ketones (excluding diaryl/α,β-unsaturated/α-hetero) is 1. The summed E-state index contributed by atoms with van der Waals surface area (Å²) in [6.07, 6.45) is 7.52. The van der Waals surface area contributed by atoms with Gasteiger partial charge >= 0.3 is 0 Å². The van der Waals surface area contributed by atoms with E-state index < -0.39 is 0 Å². The molecule has 4 rings (SSSR count). The lowest BCUT2D eigenvalue weighted by Crippen LogP contribution is -2.45. The van der Waals surface area contributed by atoms with Crippen LogP contribution in [0, 0.1) is 23.2 Å². The van der Waals surface area contributed by atoms with E-state index >= 15 is 0 Å². The highest BCUT2D eigenvalue weighted by atomic mass is 16.1. The zero-order valence-corrected chi connectivity index (χ0v) is 14.9. The van der Waals surface area contributed by atoms with Crippen molar-refractivity contribution >= 4 is 5.78 Å². The molecule has 6 nitrogen and oxygen atoms in total. The maximum atomic E-state index is 12.4. The normalized spacial score (nSPS) is 28.1. The fourth-order valence-corrected chi connectivity index (χ4v) is 4.75. The van der Waals surface area contributed by atoms with Crippen LogP contribution in [0.5, 0.6) is 0 Å². The molecule has 25 heavy (non-hydrogen) atoms. The zero-order chi connectivity index (χ0) is 17.9. The van der Waals surface area contributed by atoms with E-state index in [4.69, 9.17) is 5.10 Å². The van der Waals surface area contributed by atoms with Gasteiger partial charge in [0.25, 0.3) is 0 Å². The van der Waals surface area contributed by atoms with Gasteiger partial charge in [-0.2, -0.15) is 15.5 Å². The Kier molecular flexibility index (Phi) is 3.26. The smallest absolute Gasteiger partial charge is 0.176 e. The van der Waals surface area contributed by atoms with Crippen molar-refractivity contribution in [3.05, 3.63) is 35.3 Å². The van der Waals surface area contributed by atoms with E-state index in [1.54, 1.807) is 4.68 Å². The van der Waals surface area contributed by atoms with Gasteiger partial charge in [0.2, 0.25) is 0 Å². The zero-order valence-electron chi connectivity index (χ0n) is 14.9. The number of rotatable bonds is 1. The summed E-state index contributed by atoms with van der Waals surface area (Å²) >= 11 is 0. The van der Waals surface area contributed by atoms with E-state index in [1.807, 2.05) is 44.2 Å². The first-order chi connectivity index (χ1) is 11.9. The summed E-state index contributed by atoms with van der Waals surface area (Å²) in [4.78, 5) is 12.4. The number of aromatic nitrogens is 4. The molecule has 0 bridgehead atoms. The summed E-state index contributed by atoms with van der Waals surface area (Å²) < 4.78 is 3.70. The Morgan fingerprint density at radius 1 is 1.40 bits per heavy atom. The third kappa shape index (κ3) is 2.05. The predicted octanol–water partition coefficient (Wildman–Crippen LogP) is 2.31. The second kappa shape index (κ2) is 5.16. The molecule has 2 aromatic heterocycles. The lowest BCUT2D eigenvalue weighted by atomic mass is 9.58. The second-order valence-electron chi connectivity index (χ2n) is 7.45. The third-order valence-corrected chi connectivity index (χ3v) is 5.96. The fraction of sp³-hybridized carbons (Fsp3) is 0.474. The van der Waals surface area contributed by atoms with Crippen LogP contribution in [0.3, 0.4) is 0 Å². The summed E-state index contributed by atoms with van der Waals surface area (Å²) in [6, 6.07) is 2.09. The van der Waals surface area contributed by atoms with Crippen molar-refractivity contribution in [3.63, 3.8) is 0 Å². The number of ketones is 1. The molecule has 0 N–H and O–H groups in total. The number of nitrogens with zero attached hydrogens (tertiary/aromatic N) is 5. The molecule has 0 aliphatic heterocycles. The molecule has 128 valence electrons. The molecule has 3 unspecified atom stereocenters. The van der Waals surface area contributed by atoms with E-state index in [0.717, 1.165) is 29.8 Å². The second-order valence-corrected chi connectivity index (χ2v) is 7.45. The van der Waals surface area contributed by atoms with E-state index in [2.05, 4.69) is 18.1 Å². The molecular weight excluding hydrogens is 314 g/mol. The van der Waals surface area contributed by atoms with Gasteiger partial charge < -0.3 is 0 Å². The number of nitriles is 1. The molecule has 0 saturated carbocycles. The van der Waals surface area contributed by atoms with Gasteiger partial charge in [0.05, 0.1) is 23.2 Å². The van der Waals surface area contributed by atoms with Gasteiger partial charge in [-0.25, -0.2) is 0 Å². The minimum Gasteiger partial charge on any atom is -0.293 e.